The van der Waals surface area contributed by atoms with Crippen molar-refractivity contribution in [2.75, 3.05) is 27.3 Å². The van der Waals surface area contributed by atoms with Crippen molar-refractivity contribution < 1.29 is 19.1 Å². The fourth-order valence-electron chi connectivity index (χ4n) is 3.26. The summed E-state index contributed by atoms with van der Waals surface area (Å²) in [7, 11) is 3.08. The lowest BCUT2D eigenvalue weighted by atomic mass is 10.1. The van der Waals surface area contributed by atoms with Crippen LogP contribution in [0.5, 0.6) is 11.5 Å². The molecule has 0 bridgehead atoms. The largest absolute Gasteiger partial charge is 0.493 e. The summed E-state index contributed by atoms with van der Waals surface area (Å²) < 4.78 is 10.4. The number of nitrogens with zero attached hydrogens (tertiary/aromatic N) is 1. The van der Waals surface area contributed by atoms with Gasteiger partial charge in [-0.25, -0.2) is 0 Å². The zero-order chi connectivity index (χ0) is 19.2. The number of carbonyl (C=O) groups is 2. The number of likely N-dealkylation sites (tertiary alicyclic amines) is 1. The molecule has 6 heteroatoms. The van der Waals surface area contributed by atoms with Crippen molar-refractivity contribution in [2.24, 2.45) is 5.92 Å². The van der Waals surface area contributed by atoms with Crippen LogP contribution in [-0.4, -0.2) is 44.0 Å². The number of hydrogen-bond donors (Lipinski definition) is 1. The Bertz CT molecular complexity index is 807. The Hall–Kier alpha value is -3.02. The van der Waals surface area contributed by atoms with Crippen LogP contribution in [0.4, 0.5) is 0 Å². The molecule has 1 saturated heterocycles. The molecule has 0 spiro atoms. The SMILES string of the molecule is COc1ccc(C(=O)NCC2CC(=O)N(Cc3ccccc3)C2)cc1OC. The maximum Gasteiger partial charge on any atom is 0.251 e. The van der Waals surface area contributed by atoms with Crippen LogP contribution in [0.3, 0.4) is 0 Å². The number of rotatable bonds is 7. The Kier molecular flexibility index (Phi) is 5.96. The van der Waals surface area contributed by atoms with Crippen LogP contribution in [0, 0.1) is 5.92 Å². The zero-order valence-electron chi connectivity index (χ0n) is 15.6. The van der Waals surface area contributed by atoms with E-state index in [1.54, 1.807) is 25.3 Å². The number of ether oxygens (including phenoxy) is 2. The Labute approximate surface area is 159 Å². The third-order valence-electron chi connectivity index (χ3n) is 4.71. The van der Waals surface area contributed by atoms with E-state index in [2.05, 4.69) is 5.32 Å². The summed E-state index contributed by atoms with van der Waals surface area (Å²) in [6.45, 7) is 1.73. The van der Waals surface area contributed by atoms with Gasteiger partial charge < -0.3 is 19.7 Å². The first-order valence-corrected chi connectivity index (χ1v) is 8.92. The minimum absolute atomic E-state index is 0.116. The number of carbonyl (C=O) groups excluding carboxylic acids is 2. The van der Waals surface area contributed by atoms with Gasteiger partial charge in [0.1, 0.15) is 0 Å². The van der Waals surface area contributed by atoms with Gasteiger partial charge in [-0.1, -0.05) is 30.3 Å². The van der Waals surface area contributed by atoms with Crippen LogP contribution in [-0.2, 0) is 11.3 Å². The molecular weight excluding hydrogens is 344 g/mol. The molecule has 1 N–H and O–H groups in total. The van der Waals surface area contributed by atoms with E-state index in [0.29, 0.717) is 43.1 Å². The van der Waals surface area contributed by atoms with Crippen LogP contribution in [0.25, 0.3) is 0 Å². The molecule has 1 fully saturated rings. The van der Waals surface area contributed by atoms with Crippen molar-refractivity contribution in [3.8, 4) is 11.5 Å². The molecule has 2 aromatic rings. The minimum atomic E-state index is -0.190. The zero-order valence-corrected chi connectivity index (χ0v) is 15.6. The van der Waals surface area contributed by atoms with Gasteiger partial charge >= 0.3 is 0 Å². The predicted octanol–water partition coefficient (Wildman–Crippen LogP) is 2.48. The smallest absolute Gasteiger partial charge is 0.251 e. The lowest BCUT2D eigenvalue weighted by Gasteiger charge is -2.17. The maximum atomic E-state index is 12.4. The van der Waals surface area contributed by atoms with Crippen LogP contribution in [0.1, 0.15) is 22.3 Å². The van der Waals surface area contributed by atoms with E-state index < -0.39 is 0 Å². The van der Waals surface area contributed by atoms with E-state index in [9.17, 15) is 9.59 Å². The number of amides is 2. The number of methoxy groups -OCH3 is 2. The van der Waals surface area contributed by atoms with Crippen molar-refractivity contribution in [2.45, 2.75) is 13.0 Å². The van der Waals surface area contributed by atoms with E-state index in [1.165, 1.54) is 7.11 Å². The van der Waals surface area contributed by atoms with Crippen LogP contribution < -0.4 is 14.8 Å². The quantitative estimate of drug-likeness (QED) is 0.815. The van der Waals surface area contributed by atoms with Crippen molar-refractivity contribution in [3.63, 3.8) is 0 Å². The van der Waals surface area contributed by atoms with Gasteiger partial charge in [-0.05, 0) is 23.8 Å². The molecule has 3 rings (SSSR count). The molecular formula is C21H24N2O4. The molecule has 6 nitrogen and oxygen atoms in total. The normalized spacial score (nSPS) is 16.3. The highest BCUT2D eigenvalue weighted by Crippen LogP contribution is 2.27. The molecule has 0 saturated carbocycles. The van der Waals surface area contributed by atoms with E-state index in [4.69, 9.17) is 9.47 Å². The van der Waals surface area contributed by atoms with Gasteiger partial charge in [0.25, 0.3) is 5.91 Å². The Morgan fingerprint density at radius 3 is 2.56 bits per heavy atom. The maximum absolute atomic E-state index is 12.4. The molecule has 0 aliphatic carbocycles. The summed E-state index contributed by atoms with van der Waals surface area (Å²) in [6.07, 6.45) is 0.457. The fourth-order valence-corrected chi connectivity index (χ4v) is 3.26. The topological polar surface area (TPSA) is 67.9 Å². The lowest BCUT2D eigenvalue weighted by Crippen LogP contribution is -2.31. The van der Waals surface area contributed by atoms with Gasteiger partial charge in [-0.15, -0.1) is 0 Å². The molecule has 1 atom stereocenters. The van der Waals surface area contributed by atoms with E-state index >= 15 is 0 Å². The summed E-state index contributed by atoms with van der Waals surface area (Å²) in [5, 5.41) is 2.92. The second-order valence-corrected chi connectivity index (χ2v) is 6.61. The van der Waals surface area contributed by atoms with Crippen LogP contribution in [0.15, 0.2) is 48.5 Å². The lowest BCUT2D eigenvalue weighted by molar-refractivity contribution is -0.128. The highest BCUT2D eigenvalue weighted by Gasteiger charge is 2.29. The van der Waals surface area contributed by atoms with Gasteiger partial charge in [-0.2, -0.15) is 0 Å². The third kappa shape index (κ3) is 4.58. The average molecular weight is 368 g/mol. The van der Waals surface area contributed by atoms with Crippen LogP contribution in [0.2, 0.25) is 0 Å². The average Bonchev–Trinajstić information content (AvgIpc) is 3.05. The Balaban J connectivity index is 1.54. The molecule has 2 aromatic carbocycles. The highest BCUT2D eigenvalue weighted by atomic mass is 16.5. The summed E-state index contributed by atoms with van der Waals surface area (Å²) in [5.41, 5.74) is 1.61. The molecule has 2 amide bonds. The fraction of sp³-hybridized carbons (Fsp3) is 0.333. The first kappa shape index (κ1) is 18.8. The van der Waals surface area contributed by atoms with Gasteiger partial charge in [0.15, 0.2) is 11.5 Å². The molecule has 27 heavy (non-hydrogen) atoms. The first-order chi connectivity index (χ1) is 13.1. The van der Waals surface area contributed by atoms with E-state index in [0.717, 1.165) is 5.56 Å². The van der Waals surface area contributed by atoms with Gasteiger partial charge in [-0.3, -0.25) is 9.59 Å². The monoisotopic (exact) mass is 368 g/mol. The molecule has 142 valence electrons. The first-order valence-electron chi connectivity index (χ1n) is 8.92. The van der Waals surface area contributed by atoms with Crippen molar-refractivity contribution in [1.82, 2.24) is 10.2 Å². The van der Waals surface area contributed by atoms with Crippen molar-refractivity contribution in [3.05, 3.63) is 59.7 Å². The second-order valence-electron chi connectivity index (χ2n) is 6.61. The third-order valence-corrected chi connectivity index (χ3v) is 4.71. The van der Waals surface area contributed by atoms with Crippen molar-refractivity contribution >= 4 is 11.8 Å². The van der Waals surface area contributed by atoms with E-state index in [-0.39, 0.29) is 17.7 Å². The standard InChI is InChI=1S/C21H24N2O4/c1-26-18-9-8-17(11-19(18)27-2)21(25)22-12-16-10-20(24)23(14-16)13-15-6-4-3-5-7-15/h3-9,11,16H,10,12-14H2,1-2H3,(H,22,25). The second kappa shape index (κ2) is 8.58. The van der Waals surface area contributed by atoms with Crippen LogP contribution >= 0.6 is 0 Å². The van der Waals surface area contributed by atoms with Gasteiger partial charge in [0.2, 0.25) is 5.91 Å². The summed E-state index contributed by atoms with van der Waals surface area (Å²) in [4.78, 5) is 26.5. The molecule has 0 aromatic heterocycles. The Morgan fingerprint density at radius 2 is 1.85 bits per heavy atom. The van der Waals surface area contributed by atoms with Crippen molar-refractivity contribution in [1.29, 1.82) is 0 Å². The predicted molar refractivity (Wildman–Crippen MR) is 102 cm³/mol. The summed E-state index contributed by atoms with van der Waals surface area (Å²) in [6, 6.07) is 15.0. The summed E-state index contributed by atoms with van der Waals surface area (Å²) in [5.74, 6) is 1.14. The molecule has 1 unspecified atom stereocenters. The minimum Gasteiger partial charge on any atom is -0.493 e. The van der Waals surface area contributed by atoms with Gasteiger partial charge in [0, 0.05) is 37.5 Å². The molecule has 1 aliphatic rings. The number of nitrogens with one attached hydrogen (secondary N) is 1. The molecule has 0 radical (unpaired) electrons. The number of hydrogen-bond acceptors (Lipinski definition) is 4. The Morgan fingerprint density at radius 1 is 1.11 bits per heavy atom. The number of benzene rings is 2. The van der Waals surface area contributed by atoms with E-state index in [1.807, 2.05) is 35.2 Å². The molecule has 1 aliphatic heterocycles. The summed E-state index contributed by atoms with van der Waals surface area (Å²) >= 11 is 0. The highest BCUT2D eigenvalue weighted by molar-refractivity contribution is 5.95. The molecule has 1 heterocycles. The van der Waals surface area contributed by atoms with Gasteiger partial charge in [0.05, 0.1) is 14.2 Å².